The Balaban J connectivity index is 1.49. The number of fused-ring (bicyclic) bond motifs is 1. The van der Waals surface area contributed by atoms with Crippen molar-refractivity contribution >= 4 is 16.9 Å². The summed E-state index contributed by atoms with van der Waals surface area (Å²) in [5.74, 6) is 0.814. The average Bonchev–Trinajstić information content (AvgIpc) is 3.20. The van der Waals surface area contributed by atoms with Crippen molar-refractivity contribution in [3.63, 3.8) is 0 Å². The third kappa shape index (κ3) is 4.00. The highest BCUT2D eigenvalue weighted by molar-refractivity contribution is 5.81. The van der Waals surface area contributed by atoms with Crippen LogP contribution in [0.5, 0.6) is 0 Å². The number of aliphatic hydroxyl groups is 1. The molecule has 2 aromatic rings. The third-order valence-electron chi connectivity index (χ3n) is 5.57. The number of amides is 1. The summed E-state index contributed by atoms with van der Waals surface area (Å²) in [6, 6.07) is 7.85. The first-order valence-corrected chi connectivity index (χ1v) is 9.76. The zero-order valence-corrected chi connectivity index (χ0v) is 15.9. The molecule has 1 atom stereocenters. The van der Waals surface area contributed by atoms with Crippen molar-refractivity contribution in [2.24, 2.45) is 0 Å². The molecule has 27 heavy (non-hydrogen) atoms. The standard InChI is InChI=1S/C20H28N4O3/c1-16-21-17-6-2-3-7-18(17)24(16)12-19(25)23-10-11-27-15-20(26,14-23)13-22-8-4-5-9-22/h2-3,6-7,26H,4-5,8-15H2,1H3/t20-/m1/s1. The maximum atomic E-state index is 13.0. The van der Waals surface area contributed by atoms with Gasteiger partial charge in [-0.1, -0.05) is 12.1 Å². The van der Waals surface area contributed by atoms with Crippen molar-refractivity contribution in [1.82, 2.24) is 19.4 Å². The first-order valence-electron chi connectivity index (χ1n) is 9.76. The zero-order valence-electron chi connectivity index (χ0n) is 15.9. The van der Waals surface area contributed by atoms with Gasteiger partial charge in [0, 0.05) is 13.1 Å². The van der Waals surface area contributed by atoms with Gasteiger partial charge in [0.2, 0.25) is 5.91 Å². The summed E-state index contributed by atoms with van der Waals surface area (Å²) in [6.45, 7) is 6.28. The fourth-order valence-electron chi connectivity index (χ4n) is 4.21. The maximum absolute atomic E-state index is 13.0. The quantitative estimate of drug-likeness (QED) is 0.868. The largest absolute Gasteiger partial charge is 0.384 e. The maximum Gasteiger partial charge on any atom is 0.242 e. The second-order valence-electron chi connectivity index (χ2n) is 7.81. The number of carbonyl (C=O) groups is 1. The van der Waals surface area contributed by atoms with E-state index in [1.165, 1.54) is 12.8 Å². The van der Waals surface area contributed by atoms with Crippen molar-refractivity contribution in [3.05, 3.63) is 30.1 Å². The summed E-state index contributed by atoms with van der Waals surface area (Å²) < 4.78 is 7.59. The van der Waals surface area contributed by atoms with Crippen molar-refractivity contribution < 1.29 is 14.6 Å². The molecule has 1 N–H and O–H groups in total. The molecule has 2 saturated heterocycles. The monoisotopic (exact) mass is 372 g/mol. The number of imidazole rings is 1. The van der Waals surface area contributed by atoms with Gasteiger partial charge >= 0.3 is 0 Å². The summed E-state index contributed by atoms with van der Waals surface area (Å²) in [5, 5.41) is 11.1. The van der Waals surface area contributed by atoms with Gasteiger partial charge in [-0.2, -0.15) is 0 Å². The number of hydrogen-bond donors (Lipinski definition) is 1. The number of aryl methyl sites for hydroxylation is 1. The Morgan fingerprint density at radius 3 is 2.85 bits per heavy atom. The lowest BCUT2D eigenvalue weighted by molar-refractivity contribution is -0.135. The highest BCUT2D eigenvalue weighted by atomic mass is 16.5. The van der Waals surface area contributed by atoms with Gasteiger partial charge in [-0.25, -0.2) is 4.98 Å². The van der Waals surface area contributed by atoms with Gasteiger partial charge < -0.3 is 24.2 Å². The van der Waals surface area contributed by atoms with Crippen LogP contribution in [-0.2, 0) is 16.1 Å². The highest BCUT2D eigenvalue weighted by Gasteiger charge is 2.36. The fourth-order valence-corrected chi connectivity index (χ4v) is 4.21. The van der Waals surface area contributed by atoms with Crippen molar-refractivity contribution in [3.8, 4) is 0 Å². The topological polar surface area (TPSA) is 70.8 Å². The lowest BCUT2D eigenvalue weighted by atomic mass is 10.0. The number of ether oxygens (including phenoxy) is 1. The number of likely N-dealkylation sites (tertiary alicyclic amines) is 1. The van der Waals surface area contributed by atoms with Crippen LogP contribution < -0.4 is 0 Å². The Kier molecular flexibility index (Phi) is 5.16. The predicted octanol–water partition coefficient (Wildman–Crippen LogP) is 1.03. The number of para-hydroxylation sites is 2. The minimum absolute atomic E-state index is 0.00778. The molecule has 0 aliphatic carbocycles. The molecule has 2 fully saturated rings. The highest BCUT2D eigenvalue weighted by Crippen LogP contribution is 2.20. The van der Waals surface area contributed by atoms with Crippen LogP contribution in [0.2, 0.25) is 0 Å². The van der Waals surface area contributed by atoms with Crippen LogP contribution in [0.15, 0.2) is 24.3 Å². The summed E-state index contributed by atoms with van der Waals surface area (Å²) in [5.41, 5.74) is 0.844. The van der Waals surface area contributed by atoms with Crippen LogP contribution in [0.25, 0.3) is 11.0 Å². The predicted molar refractivity (Wildman–Crippen MR) is 102 cm³/mol. The number of hydrogen-bond acceptors (Lipinski definition) is 5. The summed E-state index contributed by atoms with van der Waals surface area (Å²) in [6.07, 6.45) is 2.35. The molecule has 1 aromatic heterocycles. The molecule has 0 spiro atoms. The molecule has 3 heterocycles. The summed E-state index contributed by atoms with van der Waals surface area (Å²) >= 11 is 0. The van der Waals surface area contributed by atoms with E-state index in [0.29, 0.717) is 26.2 Å². The van der Waals surface area contributed by atoms with Crippen LogP contribution in [0.3, 0.4) is 0 Å². The number of nitrogens with zero attached hydrogens (tertiary/aromatic N) is 4. The molecule has 2 aliphatic heterocycles. The molecule has 0 saturated carbocycles. The van der Waals surface area contributed by atoms with Gasteiger partial charge in [-0.15, -0.1) is 0 Å². The van der Waals surface area contributed by atoms with Crippen LogP contribution in [0.4, 0.5) is 0 Å². The van der Waals surface area contributed by atoms with Gasteiger partial charge in [0.25, 0.3) is 0 Å². The molecule has 2 aliphatic rings. The lowest BCUT2D eigenvalue weighted by Gasteiger charge is -2.34. The Hall–Kier alpha value is -1.96. The van der Waals surface area contributed by atoms with E-state index in [-0.39, 0.29) is 19.1 Å². The molecule has 0 unspecified atom stereocenters. The molecule has 7 nitrogen and oxygen atoms in total. The number of rotatable bonds is 4. The number of β-amino-alcohol motifs (C(OH)–C–C–N with tert-alkyl or cyclic N) is 1. The van der Waals surface area contributed by atoms with Crippen molar-refractivity contribution in [2.45, 2.75) is 31.9 Å². The van der Waals surface area contributed by atoms with E-state index < -0.39 is 5.60 Å². The molecule has 1 aromatic carbocycles. The minimum Gasteiger partial charge on any atom is -0.384 e. The average molecular weight is 372 g/mol. The van der Waals surface area contributed by atoms with E-state index in [0.717, 1.165) is 29.9 Å². The number of benzene rings is 1. The SMILES string of the molecule is Cc1nc2ccccc2n1CC(=O)N1CCOC[C@@](O)(CN2CCCC2)C1. The summed E-state index contributed by atoms with van der Waals surface area (Å²) in [7, 11) is 0. The second-order valence-corrected chi connectivity index (χ2v) is 7.81. The number of carbonyl (C=O) groups excluding carboxylic acids is 1. The second kappa shape index (κ2) is 7.58. The van der Waals surface area contributed by atoms with E-state index in [4.69, 9.17) is 4.74 Å². The van der Waals surface area contributed by atoms with E-state index in [1.54, 1.807) is 4.90 Å². The van der Waals surface area contributed by atoms with Gasteiger partial charge in [0.05, 0.1) is 30.8 Å². The van der Waals surface area contributed by atoms with E-state index in [2.05, 4.69) is 9.88 Å². The van der Waals surface area contributed by atoms with Crippen molar-refractivity contribution in [2.75, 3.05) is 45.9 Å². The minimum atomic E-state index is -1.01. The third-order valence-corrected chi connectivity index (χ3v) is 5.57. The number of aromatic nitrogens is 2. The Morgan fingerprint density at radius 1 is 1.26 bits per heavy atom. The zero-order chi connectivity index (χ0) is 18.9. The Bertz CT molecular complexity index is 815. The van der Waals surface area contributed by atoms with Crippen LogP contribution >= 0.6 is 0 Å². The van der Waals surface area contributed by atoms with Gasteiger partial charge in [0.1, 0.15) is 18.0 Å². The molecular weight excluding hydrogens is 344 g/mol. The van der Waals surface area contributed by atoms with E-state index in [9.17, 15) is 9.90 Å². The first-order chi connectivity index (χ1) is 13.0. The van der Waals surface area contributed by atoms with Crippen LogP contribution in [0, 0.1) is 6.92 Å². The molecule has 7 heteroatoms. The van der Waals surface area contributed by atoms with Crippen LogP contribution in [0.1, 0.15) is 18.7 Å². The van der Waals surface area contributed by atoms with Gasteiger partial charge in [-0.05, 0) is 45.0 Å². The first kappa shape index (κ1) is 18.4. The lowest BCUT2D eigenvalue weighted by Crippen LogP contribution is -2.53. The van der Waals surface area contributed by atoms with Crippen LogP contribution in [-0.4, -0.2) is 81.9 Å². The molecular formula is C20H28N4O3. The summed E-state index contributed by atoms with van der Waals surface area (Å²) in [4.78, 5) is 21.6. The van der Waals surface area contributed by atoms with Crippen molar-refractivity contribution in [1.29, 1.82) is 0 Å². The smallest absolute Gasteiger partial charge is 0.242 e. The van der Waals surface area contributed by atoms with Gasteiger partial charge in [0.15, 0.2) is 0 Å². The molecule has 146 valence electrons. The molecule has 0 bridgehead atoms. The van der Waals surface area contributed by atoms with Gasteiger partial charge in [-0.3, -0.25) is 4.79 Å². The Morgan fingerprint density at radius 2 is 2.04 bits per heavy atom. The normalized spacial score (nSPS) is 24.4. The van der Waals surface area contributed by atoms with E-state index >= 15 is 0 Å². The molecule has 4 rings (SSSR count). The molecule has 1 amide bonds. The van der Waals surface area contributed by atoms with E-state index in [1.807, 2.05) is 35.8 Å². The Labute approximate surface area is 159 Å². The fraction of sp³-hybridized carbons (Fsp3) is 0.600. The molecule has 0 radical (unpaired) electrons.